The van der Waals surface area contributed by atoms with Gasteiger partial charge >= 0.3 is 0 Å². The van der Waals surface area contributed by atoms with Gasteiger partial charge in [-0.15, -0.1) is 0 Å². The molecule has 1 saturated heterocycles. The lowest BCUT2D eigenvalue weighted by atomic mass is 10.1. The smallest absolute Gasteiger partial charge is 0.265 e. The van der Waals surface area contributed by atoms with Gasteiger partial charge in [0.2, 0.25) is 0 Å². The summed E-state index contributed by atoms with van der Waals surface area (Å²) in [6.45, 7) is 1.78. The van der Waals surface area contributed by atoms with Crippen LogP contribution in [0.5, 0.6) is 5.75 Å². The zero-order valence-electron chi connectivity index (χ0n) is 16.0. The van der Waals surface area contributed by atoms with E-state index in [1.807, 2.05) is 0 Å². The van der Waals surface area contributed by atoms with Gasteiger partial charge in [0.05, 0.1) is 18.6 Å². The number of nitrogens with one attached hydrogen (secondary N) is 2. The Morgan fingerprint density at radius 1 is 1.14 bits per heavy atom. The molecule has 0 aliphatic carbocycles. The lowest BCUT2D eigenvalue weighted by molar-refractivity contribution is 0.0941. The van der Waals surface area contributed by atoms with Crippen molar-refractivity contribution in [2.24, 2.45) is 0 Å². The number of benzene rings is 2. The van der Waals surface area contributed by atoms with E-state index in [1.165, 1.54) is 37.4 Å². The molecule has 0 aromatic heterocycles. The Hall–Kier alpha value is -2.59. The van der Waals surface area contributed by atoms with Gasteiger partial charge in [-0.3, -0.25) is 9.52 Å². The molecule has 1 aliphatic rings. The first-order valence-corrected chi connectivity index (χ1v) is 12.2. The van der Waals surface area contributed by atoms with Crippen LogP contribution in [0.3, 0.4) is 0 Å². The molecule has 0 unspecified atom stereocenters. The van der Waals surface area contributed by atoms with Crippen molar-refractivity contribution in [3.05, 3.63) is 53.6 Å². The monoisotopic (exact) mass is 438 g/mol. The van der Waals surface area contributed by atoms with E-state index in [4.69, 9.17) is 4.74 Å². The van der Waals surface area contributed by atoms with Gasteiger partial charge in [-0.05, 0) is 55.3 Å². The van der Waals surface area contributed by atoms with Crippen molar-refractivity contribution < 1.29 is 26.4 Å². The molecule has 1 fully saturated rings. The highest BCUT2D eigenvalue weighted by molar-refractivity contribution is 7.92. The number of rotatable bonds is 6. The lowest BCUT2D eigenvalue weighted by Crippen LogP contribution is -2.35. The van der Waals surface area contributed by atoms with E-state index >= 15 is 0 Å². The predicted octanol–water partition coefficient (Wildman–Crippen LogP) is 1.72. The molecule has 3 rings (SSSR count). The fourth-order valence-electron chi connectivity index (χ4n) is 3.07. The number of carbonyl (C=O) groups is 1. The summed E-state index contributed by atoms with van der Waals surface area (Å²) >= 11 is 0. The molecular formula is C19H22N2O6S2. The van der Waals surface area contributed by atoms with Gasteiger partial charge in [0.15, 0.2) is 9.84 Å². The van der Waals surface area contributed by atoms with Crippen LogP contribution in [0.2, 0.25) is 0 Å². The van der Waals surface area contributed by atoms with Crippen molar-refractivity contribution >= 4 is 31.5 Å². The Labute approximate surface area is 170 Å². The molecule has 2 aromatic rings. The van der Waals surface area contributed by atoms with Gasteiger partial charge < -0.3 is 10.1 Å². The number of ether oxygens (including phenoxy) is 1. The second-order valence-electron chi connectivity index (χ2n) is 6.91. The maximum absolute atomic E-state index is 12.7. The van der Waals surface area contributed by atoms with Gasteiger partial charge in [-0.2, -0.15) is 0 Å². The van der Waals surface area contributed by atoms with Crippen molar-refractivity contribution in [1.29, 1.82) is 0 Å². The van der Waals surface area contributed by atoms with E-state index in [9.17, 15) is 21.6 Å². The Balaban J connectivity index is 1.72. The molecule has 1 heterocycles. The summed E-state index contributed by atoms with van der Waals surface area (Å²) in [5.41, 5.74) is 1.37. The Morgan fingerprint density at radius 2 is 1.83 bits per heavy atom. The summed E-state index contributed by atoms with van der Waals surface area (Å²) < 4.78 is 56.0. The highest BCUT2D eigenvalue weighted by Gasteiger charge is 2.29. The van der Waals surface area contributed by atoms with Gasteiger partial charge in [0.1, 0.15) is 10.6 Å². The fraction of sp³-hybridized carbons (Fsp3) is 0.316. The third-order valence-corrected chi connectivity index (χ3v) is 7.75. The quantitative estimate of drug-likeness (QED) is 0.709. The number of amides is 1. The maximum Gasteiger partial charge on any atom is 0.265 e. The van der Waals surface area contributed by atoms with E-state index < -0.39 is 31.8 Å². The van der Waals surface area contributed by atoms with Crippen molar-refractivity contribution in [3.8, 4) is 5.75 Å². The second kappa shape index (κ2) is 8.03. The fourth-order valence-corrected chi connectivity index (χ4v) is 6.06. The predicted molar refractivity (Wildman–Crippen MR) is 110 cm³/mol. The van der Waals surface area contributed by atoms with Crippen LogP contribution in [-0.2, 0) is 19.9 Å². The number of hydrogen-bond acceptors (Lipinski definition) is 6. The standard InChI is InChI=1S/C19H22N2O6S2/c1-13-3-8-17(27-2)18(11-13)29(25,26)21-15-6-4-14(5-7-15)19(22)20-16-9-10-28(23,24)12-16/h3-8,11,16,21H,9-10,12H2,1-2H3,(H,20,22)/t16-/m1/s1. The lowest BCUT2D eigenvalue weighted by Gasteiger charge is -2.13. The van der Waals surface area contributed by atoms with E-state index in [-0.39, 0.29) is 27.8 Å². The molecule has 1 aliphatic heterocycles. The molecule has 0 bridgehead atoms. The summed E-state index contributed by atoms with van der Waals surface area (Å²) in [5.74, 6) is -0.164. The van der Waals surface area contributed by atoms with Crippen molar-refractivity contribution in [2.45, 2.75) is 24.3 Å². The molecule has 0 spiro atoms. The minimum Gasteiger partial charge on any atom is -0.495 e. The maximum atomic E-state index is 12.7. The van der Waals surface area contributed by atoms with Crippen molar-refractivity contribution in [2.75, 3.05) is 23.3 Å². The Kier molecular flexibility index (Phi) is 5.85. The number of carbonyl (C=O) groups excluding carboxylic acids is 1. The molecule has 1 amide bonds. The number of hydrogen-bond donors (Lipinski definition) is 2. The van der Waals surface area contributed by atoms with Crippen LogP contribution in [0, 0.1) is 6.92 Å². The van der Waals surface area contributed by atoms with Gasteiger partial charge in [0, 0.05) is 17.3 Å². The zero-order valence-corrected chi connectivity index (χ0v) is 17.6. The summed E-state index contributed by atoms with van der Waals surface area (Å²) in [4.78, 5) is 12.3. The summed E-state index contributed by atoms with van der Waals surface area (Å²) in [6.07, 6.45) is 0.393. The molecule has 0 radical (unpaired) electrons. The van der Waals surface area contributed by atoms with Gasteiger partial charge in [-0.25, -0.2) is 16.8 Å². The first-order chi connectivity index (χ1) is 13.6. The topological polar surface area (TPSA) is 119 Å². The molecule has 10 heteroatoms. The van der Waals surface area contributed by atoms with Gasteiger partial charge in [-0.1, -0.05) is 6.07 Å². The molecule has 1 atom stereocenters. The third-order valence-electron chi connectivity index (χ3n) is 4.58. The van der Waals surface area contributed by atoms with Gasteiger partial charge in [0.25, 0.3) is 15.9 Å². The first kappa shape index (κ1) is 21.1. The molecule has 0 saturated carbocycles. The van der Waals surface area contributed by atoms with Crippen LogP contribution < -0.4 is 14.8 Å². The van der Waals surface area contributed by atoms with Crippen LogP contribution in [0.25, 0.3) is 0 Å². The molecule has 8 nitrogen and oxygen atoms in total. The minimum absolute atomic E-state index is 0.0178. The van der Waals surface area contributed by atoms with E-state index in [1.54, 1.807) is 19.1 Å². The van der Waals surface area contributed by atoms with Crippen LogP contribution in [-0.4, -0.2) is 47.4 Å². The van der Waals surface area contributed by atoms with E-state index in [0.29, 0.717) is 12.0 Å². The highest BCUT2D eigenvalue weighted by Crippen LogP contribution is 2.27. The summed E-state index contributed by atoms with van der Waals surface area (Å²) in [7, 11) is -5.58. The average Bonchev–Trinajstić information content (AvgIpc) is 3.00. The second-order valence-corrected chi connectivity index (χ2v) is 10.8. The van der Waals surface area contributed by atoms with E-state index in [2.05, 4.69) is 10.0 Å². The molecule has 29 heavy (non-hydrogen) atoms. The number of anilines is 1. The SMILES string of the molecule is COc1ccc(C)cc1S(=O)(=O)Nc1ccc(C(=O)N[C@@H]2CCS(=O)(=O)C2)cc1. The Bertz CT molecular complexity index is 1130. The highest BCUT2D eigenvalue weighted by atomic mass is 32.2. The zero-order chi connectivity index (χ0) is 21.2. The number of sulfonamides is 1. The summed E-state index contributed by atoms with van der Waals surface area (Å²) in [5, 5.41) is 2.69. The number of sulfone groups is 1. The molecular weight excluding hydrogens is 416 g/mol. The normalized spacial score (nSPS) is 18.2. The molecule has 2 aromatic carbocycles. The molecule has 2 N–H and O–H groups in total. The van der Waals surface area contributed by atoms with Crippen LogP contribution in [0.1, 0.15) is 22.3 Å². The first-order valence-electron chi connectivity index (χ1n) is 8.88. The average molecular weight is 439 g/mol. The Morgan fingerprint density at radius 3 is 2.41 bits per heavy atom. The van der Waals surface area contributed by atoms with Crippen LogP contribution >= 0.6 is 0 Å². The number of aryl methyl sites for hydroxylation is 1. The largest absolute Gasteiger partial charge is 0.495 e. The van der Waals surface area contributed by atoms with Crippen molar-refractivity contribution in [3.63, 3.8) is 0 Å². The van der Waals surface area contributed by atoms with Crippen LogP contribution in [0.15, 0.2) is 47.4 Å². The van der Waals surface area contributed by atoms with Crippen LogP contribution in [0.4, 0.5) is 5.69 Å². The molecule has 156 valence electrons. The van der Waals surface area contributed by atoms with E-state index in [0.717, 1.165) is 5.56 Å². The number of methoxy groups -OCH3 is 1. The minimum atomic E-state index is -3.89. The van der Waals surface area contributed by atoms with Crippen molar-refractivity contribution in [1.82, 2.24) is 5.32 Å². The third kappa shape index (κ3) is 5.07. The summed E-state index contributed by atoms with van der Waals surface area (Å²) in [6, 6.07) is 10.3.